The first kappa shape index (κ1) is 14.3. The van der Waals surface area contributed by atoms with E-state index in [9.17, 15) is 0 Å². The molecule has 112 valence electrons. The van der Waals surface area contributed by atoms with E-state index in [1.54, 1.807) is 0 Å². The molecule has 2 heterocycles. The van der Waals surface area contributed by atoms with Crippen LogP contribution >= 0.6 is 11.5 Å². The van der Waals surface area contributed by atoms with Crippen molar-refractivity contribution in [1.29, 1.82) is 0 Å². The summed E-state index contributed by atoms with van der Waals surface area (Å²) in [6.45, 7) is 7.29. The van der Waals surface area contributed by atoms with Crippen molar-refractivity contribution in [3.8, 4) is 0 Å². The van der Waals surface area contributed by atoms with Crippen LogP contribution in [-0.2, 0) is 6.54 Å². The molecular formula is C15H21N5S. The second kappa shape index (κ2) is 6.41. The van der Waals surface area contributed by atoms with E-state index in [4.69, 9.17) is 0 Å². The zero-order valence-electron chi connectivity index (χ0n) is 12.5. The topological polar surface area (TPSA) is 44.3 Å². The summed E-state index contributed by atoms with van der Waals surface area (Å²) in [5, 5.41) is 8.46. The molecule has 3 rings (SSSR count). The van der Waals surface area contributed by atoms with Crippen LogP contribution in [0.4, 0.5) is 10.7 Å². The van der Waals surface area contributed by atoms with Gasteiger partial charge < -0.3 is 10.2 Å². The van der Waals surface area contributed by atoms with E-state index >= 15 is 0 Å². The molecule has 0 bridgehead atoms. The highest BCUT2D eigenvalue weighted by Gasteiger charge is 2.19. The lowest BCUT2D eigenvalue weighted by atomic mass is 10.2. The predicted octanol–water partition coefficient (Wildman–Crippen LogP) is 2.21. The van der Waals surface area contributed by atoms with Gasteiger partial charge in [0.2, 0.25) is 0 Å². The van der Waals surface area contributed by atoms with Crippen LogP contribution in [0.2, 0.25) is 0 Å². The molecule has 0 atom stereocenters. The van der Waals surface area contributed by atoms with E-state index in [0.29, 0.717) is 0 Å². The zero-order valence-corrected chi connectivity index (χ0v) is 13.4. The van der Waals surface area contributed by atoms with Crippen molar-refractivity contribution in [2.24, 2.45) is 0 Å². The fourth-order valence-electron chi connectivity index (χ4n) is 2.70. The molecular weight excluding hydrogens is 282 g/mol. The van der Waals surface area contributed by atoms with Crippen LogP contribution < -0.4 is 10.2 Å². The standard InChI is InChI=1S/C15H21N5S/c1-12-4-3-5-13(10-12)20-8-6-19(7-9-20)11-14-15(16-2)21-18-17-14/h3-5,10,16H,6-9,11H2,1-2H3. The molecule has 0 radical (unpaired) electrons. The largest absolute Gasteiger partial charge is 0.377 e. The van der Waals surface area contributed by atoms with Crippen molar-refractivity contribution >= 4 is 22.2 Å². The fraction of sp³-hybridized carbons (Fsp3) is 0.467. The van der Waals surface area contributed by atoms with Gasteiger partial charge in [0.1, 0.15) is 10.7 Å². The van der Waals surface area contributed by atoms with Gasteiger partial charge in [-0.3, -0.25) is 4.90 Å². The fourth-order valence-corrected chi connectivity index (χ4v) is 3.23. The van der Waals surface area contributed by atoms with E-state index in [1.807, 2.05) is 7.05 Å². The highest BCUT2D eigenvalue weighted by atomic mass is 32.1. The molecule has 0 amide bonds. The van der Waals surface area contributed by atoms with E-state index in [1.165, 1.54) is 22.8 Å². The minimum atomic E-state index is 0.883. The normalized spacial score (nSPS) is 16.2. The molecule has 2 aromatic rings. The lowest BCUT2D eigenvalue weighted by Crippen LogP contribution is -2.46. The Balaban J connectivity index is 1.58. The maximum Gasteiger partial charge on any atom is 0.134 e. The summed E-state index contributed by atoms with van der Waals surface area (Å²) in [5.41, 5.74) is 3.72. The van der Waals surface area contributed by atoms with Gasteiger partial charge in [0.05, 0.1) is 0 Å². The Morgan fingerprint density at radius 1 is 1.24 bits per heavy atom. The molecule has 0 saturated carbocycles. The monoisotopic (exact) mass is 303 g/mol. The first-order valence-corrected chi connectivity index (χ1v) is 8.06. The van der Waals surface area contributed by atoms with E-state index in [-0.39, 0.29) is 0 Å². The van der Waals surface area contributed by atoms with Crippen LogP contribution in [0.3, 0.4) is 0 Å². The number of aryl methyl sites for hydroxylation is 1. The maximum atomic E-state index is 4.22. The van der Waals surface area contributed by atoms with Gasteiger partial charge in [0, 0.05) is 57.0 Å². The Kier molecular flexibility index (Phi) is 4.36. The second-order valence-corrected chi connectivity index (χ2v) is 6.16. The summed E-state index contributed by atoms with van der Waals surface area (Å²) >= 11 is 1.43. The van der Waals surface area contributed by atoms with Gasteiger partial charge in [-0.15, -0.1) is 5.10 Å². The van der Waals surface area contributed by atoms with Crippen LogP contribution in [0.1, 0.15) is 11.3 Å². The van der Waals surface area contributed by atoms with Gasteiger partial charge in [0.25, 0.3) is 0 Å². The van der Waals surface area contributed by atoms with Crippen LogP contribution in [0, 0.1) is 6.92 Å². The highest BCUT2D eigenvalue weighted by Crippen LogP contribution is 2.21. The van der Waals surface area contributed by atoms with Crippen LogP contribution in [0.25, 0.3) is 0 Å². The van der Waals surface area contributed by atoms with Crippen LogP contribution in [0.15, 0.2) is 24.3 Å². The third-order valence-electron chi connectivity index (χ3n) is 3.90. The van der Waals surface area contributed by atoms with Crippen molar-refractivity contribution in [3.05, 3.63) is 35.5 Å². The molecule has 6 heteroatoms. The first-order valence-electron chi connectivity index (χ1n) is 7.29. The van der Waals surface area contributed by atoms with Crippen molar-refractivity contribution < 1.29 is 0 Å². The Morgan fingerprint density at radius 3 is 2.76 bits per heavy atom. The molecule has 0 spiro atoms. The summed E-state index contributed by atoms with van der Waals surface area (Å²) in [6, 6.07) is 8.75. The van der Waals surface area contributed by atoms with Gasteiger partial charge >= 0.3 is 0 Å². The molecule has 0 aliphatic carbocycles. The molecule has 1 fully saturated rings. The minimum absolute atomic E-state index is 0.883. The molecule has 21 heavy (non-hydrogen) atoms. The lowest BCUT2D eigenvalue weighted by Gasteiger charge is -2.36. The number of anilines is 2. The first-order chi connectivity index (χ1) is 10.3. The molecule has 1 saturated heterocycles. The molecule has 5 nitrogen and oxygen atoms in total. The van der Waals surface area contributed by atoms with Crippen molar-refractivity contribution in [1.82, 2.24) is 14.5 Å². The Hall–Kier alpha value is -1.66. The number of rotatable bonds is 4. The SMILES string of the molecule is CNc1snnc1CN1CCN(c2cccc(C)c2)CC1. The third-order valence-corrected chi connectivity index (χ3v) is 4.68. The summed E-state index contributed by atoms with van der Waals surface area (Å²) in [6.07, 6.45) is 0. The minimum Gasteiger partial charge on any atom is -0.377 e. The van der Waals surface area contributed by atoms with Gasteiger partial charge in [-0.2, -0.15) is 0 Å². The smallest absolute Gasteiger partial charge is 0.134 e. The molecule has 1 aromatic heterocycles. The summed E-state index contributed by atoms with van der Waals surface area (Å²) < 4.78 is 4.02. The Labute approximate surface area is 129 Å². The zero-order chi connectivity index (χ0) is 14.7. The van der Waals surface area contributed by atoms with Gasteiger partial charge in [-0.1, -0.05) is 16.6 Å². The Morgan fingerprint density at radius 2 is 2.05 bits per heavy atom. The molecule has 1 aromatic carbocycles. The number of benzene rings is 1. The Bertz CT molecular complexity index is 589. The van der Waals surface area contributed by atoms with E-state index in [0.717, 1.165) is 43.4 Å². The molecule has 1 aliphatic heterocycles. The van der Waals surface area contributed by atoms with E-state index in [2.05, 4.69) is 55.9 Å². The van der Waals surface area contributed by atoms with Crippen molar-refractivity contribution in [2.45, 2.75) is 13.5 Å². The average molecular weight is 303 g/mol. The van der Waals surface area contributed by atoms with Crippen molar-refractivity contribution in [3.63, 3.8) is 0 Å². The lowest BCUT2D eigenvalue weighted by molar-refractivity contribution is 0.247. The molecule has 1 aliphatic rings. The van der Waals surface area contributed by atoms with Crippen LogP contribution in [0.5, 0.6) is 0 Å². The summed E-state index contributed by atoms with van der Waals surface area (Å²) in [5.74, 6) is 0. The van der Waals surface area contributed by atoms with Crippen molar-refractivity contribution in [2.75, 3.05) is 43.4 Å². The highest BCUT2D eigenvalue weighted by molar-refractivity contribution is 7.10. The number of piperazine rings is 1. The molecule has 0 unspecified atom stereocenters. The van der Waals surface area contributed by atoms with Gasteiger partial charge in [0.15, 0.2) is 0 Å². The molecule has 1 N–H and O–H groups in total. The predicted molar refractivity (Wildman–Crippen MR) is 88.1 cm³/mol. The third kappa shape index (κ3) is 3.33. The van der Waals surface area contributed by atoms with Gasteiger partial charge in [-0.25, -0.2) is 0 Å². The maximum absolute atomic E-state index is 4.22. The number of nitrogens with zero attached hydrogens (tertiary/aromatic N) is 4. The van der Waals surface area contributed by atoms with Crippen LogP contribution in [-0.4, -0.2) is 47.7 Å². The summed E-state index contributed by atoms with van der Waals surface area (Å²) in [7, 11) is 1.92. The number of aromatic nitrogens is 2. The van der Waals surface area contributed by atoms with E-state index < -0.39 is 0 Å². The van der Waals surface area contributed by atoms with Gasteiger partial charge in [-0.05, 0) is 24.6 Å². The quantitative estimate of drug-likeness (QED) is 0.938. The average Bonchev–Trinajstić information content (AvgIpc) is 2.95. The number of nitrogens with one attached hydrogen (secondary N) is 1. The summed E-state index contributed by atoms with van der Waals surface area (Å²) in [4.78, 5) is 4.91. The number of hydrogen-bond donors (Lipinski definition) is 1. The second-order valence-electron chi connectivity index (χ2n) is 5.40. The number of hydrogen-bond acceptors (Lipinski definition) is 6.